The fourth-order valence-corrected chi connectivity index (χ4v) is 3.46. The Morgan fingerprint density at radius 1 is 1.36 bits per heavy atom. The standard InChI is InChI=1S/C19H20N2O3S/c1-24-13-19(23)21-10-2-4-14-6-7-15(12-17(14)21)20-18(22)9-8-16-5-3-11-25-16/h3,5-9,11-12H,2,4,10,13H2,1H3,(H,20,22)/b9-8+. The summed E-state index contributed by atoms with van der Waals surface area (Å²) in [5.41, 5.74) is 2.65. The molecule has 1 aromatic heterocycles. The van der Waals surface area contributed by atoms with Crippen LogP contribution in [0.25, 0.3) is 6.08 Å². The Labute approximate surface area is 150 Å². The molecule has 0 radical (unpaired) electrons. The normalized spacial score (nSPS) is 13.7. The first-order chi connectivity index (χ1) is 12.2. The highest BCUT2D eigenvalue weighted by Gasteiger charge is 2.22. The van der Waals surface area contributed by atoms with Gasteiger partial charge in [-0.3, -0.25) is 9.59 Å². The molecule has 6 heteroatoms. The number of nitrogens with zero attached hydrogens (tertiary/aromatic N) is 1. The molecule has 0 saturated carbocycles. The molecule has 1 aliphatic rings. The maximum Gasteiger partial charge on any atom is 0.252 e. The third-order valence-corrected chi connectivity index (χ3v) is 4.82. The van der Waals surface area contributed by atoms with Crippen molar-refractivity contribution in [3.63, 3.8) is 0 Å². The van der Waals surface area contributed by atoms with E-state index in [0.29, 0.717) is 12.2 Å². The Morgan fingerprint density at radius 2 is 2.24 bits per heavy atom. The molecule has 0 unspecified atom stereocenters. The minimum atomic E-state index is -0.195. The van der Waals surface area contributed by atoms with E-state index >= 15 is 0 Å². The van der Waals surface area contributed by atoms with Gasteiger partial charge in [0.15, 0.2) is 0 Å². The van der Waals surface area contributed by atoms with E-state index in [4.69, 9.17) is 4.74 Å². The number of benzene rings is 1. The van der Waals surface area contributed by atoms with Gasteiger partial charge in [0.05, 0.1) is 0 Å². The first-order valence-electron chi connectivity index (χ1n) is 8.12. The molecular weight excluding hydrogens is 336 g/mol. The van der Waals surface area contributed by atoms with Crippen molar-refractivity contribution in [2.45, 2.75) is 12.8 Å². The second kappa shape index (κ2) is 8.09. The lowest BCUT2D eigenvalue weighted by molar-refractivity contribution is -0.122. The van der Waals surface area contributed by atoms with Crippen LogP contribution in [0.3, 0.4) is 0 Å². The van der Waals surface area contributed by atoms with Crippen molar-refractivity contribution in [3.05, 3.63) is 52.2 Å². The van der Waals surface area contributed by atoms with Crippen molar-refractivity contribution in [1.82, 2.24) is 0 Å². The molecule has 2 heterocycles. The van der Waals surface area contributed by atoms with Gasteiger partial charge in [-0.25, -0.2) is 0 Å². The van der Waals surface area contributed by atoms with E-state index < -0.39 is 0 Å². The summed E-state index contributed by atoms with van der Waals surface area (Å²) in [7, 11) is 1.51. The van der Waals surface area contributed by atoms with Gasteiger partial charge in [-0.2, -0.15) is 0 Å². The number of thiophene rings is 1. The maximum atomic E-state index is 12.2. The summed E-state index contributed by atoms with van der Waals surface area (Å²) >= 11 is 1.58. The minimum Gasteiger partial charge on any atom is -0.375 e. The van der Waals surface area contributed by atoms with Gasteiger partial charge in [0, 0.05) is 36.0 Å². The van der Waals surface area contributed by atoms with E-state index in [1.54, 1.807) is 22.3 Å². The molecule has 1 N–H and O–H groups in total. The van der Waals surface area contributed by atoms with Crippen LogP contribution >= 0.6 is 11.3 Å². The van der Waals surface area contributed by atoms with E-state index in [2.05, 4.69) is 5.32 Å². The van der Waals surface area contributed by atoms with E-state index in [0.717, 1.165) is 29.0 Å². The molecule has 0 saturated heterocycles. The first-order valence-corrected chi connectivity index (χ1v) is 9.00. The van der Waals surface area contributed by atoms with E-state index in [9.17, 15) is 9.59 Å². The molecule has 0 spiro atoms. The van der Waals surface area contributed by atoms with Crippen LogP contribution in [-0.4, -0.2) is 32.1 Å². The van der Waals surface area contributed by atoms with Crippen LogP contribution in [0.5, 0.6) is 0 Å². The zero-order valence-corrected chi connectivity index (χ0v) is 14.8. The second-order valence-electron chi connectivity index (χ2n) is 5.76. The van der Waals surface area contributed by atoms with Crippen LogP contribution < -0.4 is 10.2 Å². The fraction of sp³-hybridized carbons (Fsp3) is 0.263. The lowest BCUT2D eigenvalue weighted by Crippen LogP contribution is -2.37. The molecule has 25 heavy (non-hydrogen) atoms. The van der Waals surface area contributed by atoms with E-state index in [1.165, 1.54) is 13.2 Å². The number of carbonyl (C=O) groups excluding carboxylic acids is 2. The SMILES string of the molecule is COCC(=O)N1CCCc2ccc(NC(=O)/C=C/c3cccs3)cc21. The topological polar surface area (TPSA) is 58.6 Å². The Kier molecular flexibility index (Phi) is 5.63. The van der Waals surface area contributed by atoms with Crippen LogP contribution in [0, 0.1) is 0 Å². The predicted molar refractivity (Wildman–Crippen MR) is 101 cm³/mol. The number of carbonyl (C=O) groups is 2. The van der Waals surface area contributed by atoms with Crippen LogP contribution in [0.1, 0.15) is 16.9 Å². The molecule has 0 fully saturated rings. The first kappa shape index (κ1) is 17.4. The van der Waals surface area contributed by atoms with Crippen LogP contribution in [0.4, 0.5) is 11.4 Å². The lowest BCUT2D eigenvalue weighted by atomic mass is 10.0. The Morgan fingerprint density at radius 3 is 3.00 bits per heavy atom. The summed E-state index contributed by atoms with van der Waals surface area (Å²) in [5, 5.41) is 4.82. The smallest absolute Gasteiger partial charge is 0.252 e. The van der Waals surface area contributed by atoms with Gasteiger partial charge in [0.2, 0.25) is 5.91 Å². The summed E-state index contributed by atoms with van der Waals surface area (Å²) in [6, 6.07) is 9.60. The van der Waals surface area contributed by atoms with Gasteiger partial charge < -0.3 is 15.0 Å². The van der Waals surface area contributed by atoms with Gasteiger partial charge in [0.1, 0.15) is 6.61 Å². The number of methoxy groups -OCH3 is 1. The molecule has 0 atom stereocenters. The van der Waals surface area contributed by atoms with Crippen molar-refractivity contribution in [2.75, 3.05) is 30.5 Å². The summed E-state index contributed by atoms with van der Waals surface area (Å²) < 4.78 is 4.96. The molecule has 0 bridgehead atoms. The van der Waals surface area contributed by atoms with Gasteiger partial charge >= 0.3 is 0 Å². The summed E-state index contributed by atoms with van der Waals surface area (Å²) in [5.74, 6) is -0.261. The van der Waals surface area contributed by atoms with Gasteiger partial charge in [-0.05, 0) is 48.1 Å². The van der Waals surface area contributed by atoms with Crippen molar-refractivity contribution in [2.24, 2.45) is 0 Å². The summed E-state index contributed by atoms with van der Waals surface area (Å²) in [6.45, 7) is 0.727. The number of fused-ring (bicyclic) bond motifs is 1. The Balaban J connectivity index is 1.74. The second-order valence-corrected chi connectivity index (χ2v) is 6.74. The van der Waals surface area contributed by atoms with Gasteiger partial charge in [-0.15, -0.1) is 11.3 Å². The molecule has 2 amide bonds. The number of amides is 2. The van der Waals surface area contributed by atoms with Gasteiger partial charge in [-0.1, -0.05) is 12.1 Å². The van der Waals surface area contributed by atoms with Crippen LogP contribution in [0.15, 0.2) is 41.8 Å². The van der Waals surface area contributed by atoms with Gasteiger partial charge in [0.25, 0.3) is 5.91 Å². The summed E-state index contributed by atoms with van der Waals surface area (Å²) in [4.78, 5) is 27.1. The maximum absolute atomic E-state index is 12.2. The van der Waals surface area contributed by atoms with Crippen molar-refractivity contribution < 1.29 is 14.3 Å². The molecule has 2 aromatic rings. The minimum absolute atomic E-state index is 0.0551. The van der Waals surface area contributed by atoms with Crippen molar-refractivity contribution >= 4 is 40.6 Å². The highest BCUT2D eigenvalue weighted by molar-refractivity contribution is 7.10. The average Bonchev–Trinajstić information content (AvgIpc) is 3.13. The molecule has 130 valence electrons. The van der Waals surface area contributed by atoms with Crippen molar-refractivity contribution in [3.8, 4) is 0 Å². The molecular formula is C19H20N2O3S. The van der Waals surface area contributed by atoms with Crippen LogP contribution in [-0.2, 0) is 20.7 Å². The number of anilines is 2. The molecule has 0 aliphatic carbocycles. The largest absolute Gasteiger partial charge is 0.375 e. The molecule has 1 aliphatic heterocycles. The fourth-order valence-electron chi connectivity index (χ4n) is 2.84. The highest BCUT2D eigenvalue weighted by Crippen LogP contribution is 2.30. The lowest BCUT2D eigenvalue weighted by Gasteiger charge is -2.29. The quantitative estimate of drug-likeness (QED) is 0.836. The van der Waals surface area contributed by atoms with Crippen LogP contribution in [0.2, 0.25) is 0 Å². The average molecular weight is 356 g/mol. The number of hydrogen-bond donors (Lipinski definition) is 1. The van der Waals surface area contributed by atoms with Crippen molar-refractivity contribution in [1.29, 1.82) is 0 Å². The number of hydrogen-bond acceptors (Lipinski definition) is 4. The third kappa shape index (κ3) is 4.35. The number of ether oxygens (including phenoxy) is 1. The number of nitrogens with one attached hydrogen (secondary N) is 1. The Hall–Kier alpha value is -2.44. The molecule has 1 aromatic carbocycles. The third-order valence-electron chi connectivity index (χ3n) is 3.98. The van der Waals surface area contributed by atoms with E-state index in [-0.39, 0.29) is 18.4 Å². The number of aryl methyl sites for hydroxylation is 1. The monoisotopic (exact) mass is 356 g/mol. The predicted octanol–water partition coefficient (Wildman–Crippen LogP) is 3.33. The zero-order chi connectivity index (χ0) is 17.6. The Bertz CT molecular complexity index is 784. The zero-order valence-electron chi connectivity index (χ0n) is 14.0. The van der Waals surface area contributed by atoms with E-state index in [1.807, 2.05) is 35.7 Å². The molecule has 3 rings (SSSR count). The molecule has 5 nitrogen and oxygen atoms in total. The number of rotatable bonds is 5. The summed E-state index contributed by atoms with van der Waals surface area (Å²) in [6.07, 6.45) is 5.16. The highest BCUT2D eigenvalue weighted by atomic mass is 32.1.